The van der Waals surface area contributed by atoms with Crippen LogP contribution in [-0.2, 0) is 11.2 Å². The fourth-order valence-corrected chi connectivity index (χ4v) is 1.95. The molecule has 0 spiro atoms. The summed E-state index contributed by atoms with van der Waals surface area (Å²) in [5.74, 6) is -0.437. The molecule has 0 bridgehead atoms. The SMILES string of the molecule is CC1Cc2c(OCC(=O)O)cccc2C1=O. The zero-order chi connectivity index (χ0) is 11.7. The number of carbonyl (C=O) groups excluding carboxylic acids is 1. The van der Waals surface area contributed by atoms with Gasteiger partial charge in [0.15, 0.2) is 12.4 Å². The van der Waals surface area contributed by atoms with E-state index in [9.17, 15) is 9.59 Å². The predicted molar refractivity (Wildman–Crippen MR) is 56.8 cm³/mol. The highest BCUT2D eigenvalue weighted by molar-refractivity contribution is 6.02. The molecule has 0 aromatic heterocycles. The highest BCUT2D eigenvalue weighted by Crippen LogP contribution is 2.33. The number of fused-ring (bicyclic) bond motifs is 1. The van der Waals surface area contributed by atoms with Crippen molar-refractivity contribution < 1.29 is 19.4 Å². The molecule has 84 valence electrons. The van der Waals surface area contributed by atoms with Crippen LogP contribution < -0.4 is 4.74 Å². The molecule has 0 aliphatic heterocycles. The fraction of sp³-hybridized carbons (Fsp3) is 0.333. The number of rotatable bonds is 3. The third kappa shape index (κ3) is 1.78. The van der Waals surface area contributed by atoms with Gasteiger partial charge in [-0.1, -0.05) is 19.1 Å². The lowest BCUT2D eigenvalue weighted by Crippen LogP contribution is -2.10. The molecule has 0 radical (unpaired) electrons. The molecule has 1 N–H and O–H groups in total. The fourth-order valence-electron chi connectivity index (χ4n) is 1.95. The van der Waals surface area contributed by atoms with E-state index in [1.807, 2.05) is 6.92 Å². The quantitative estimate of drug-likeness (QED) is 0.838. The summed E-state index contributed by atoms with van der Waals surface area (Å²) in [6, 6.07) is 5.17. The molecule has 1 aromatic carbocycles. The number of aliphatic carboxylic acids is 1. The first-order valence-corrected chi connectivity index (χ1v) is 5.10. The van der Waals surface area contributed by atoms with E-state index in [2.05, 4.69) is 0 Å². The maximum atomic E-state index is 11.7. The van der Waals surface area contributed by atoms with Gasteiger partial charge in [0.05, 0.1) is 0 Å². The van der Waals surface area contributed by atoms with Crippen LogP contribution in [0.5, 0.6) is 5.75 Å². The second-order valence-corrected chi connectivity index (χ2v) is 3.93. The Labute approximate surface area is 92.8 Å². The minimum absolute atomic E-state index is 0.0374. The van der Waals surface area contributed by atoms with Crippen LogP contribution in [0.4, 0.5) is 0 Å². The maximum absolute atomic E-state index is 11.7. The lowest BCUT2D eigenvalue weighted by atomic mass is 10.1. The molecule has 4 heteroatoms. The minimum atomic E-state index is -1.02. The predicted octanol–water partition coefficient (Wildman–Crippen LogP) is 1.52. The lowest BCUT2D eigenvalue weighted by Gasteiger charge is -2.07. The molecule has 0 fully saturated rings. The summed E-state index contributed by atoms with van der Waals surface area (Å²) >= 11 is 0. The molecule has 0 amide bonds. The van der Waals surface area contributed by atoms with Crippen molar-refractivity contribution in [1.82, 2.24) is 0 Å². The highest BCUT2D eigenvalue weighted by atomic mass is 16.5. The van der Waals surface area contributed by atoms with E-state index in [1.165, 1.54) is 0 Å². The molecule has 1 atom stereocenters. The Morgan fingerprint density at radius 3 is 3.00 bits per heavy atom. The molecule has 0 saturated heterocycles. The summed E-state index contributed by atoms with van der Waals surface area (Å²) in [5, 5.41) is 8.54. The van der Waals surface area contributed by atoms with E-state index in [0.29, 0.717) is 17.7 Å². The molecule has 1 aromatic rings. The molecule has 1 aliphatic carbocycles. The van der Waals surface area contributed by atoms with Crippen molar-refractivity contribution in [3.05, 3.63) is 29.3 Å². The number of Topliss-reactive ketones (excluding diaryl/α,β-unsaturated/α-hetero) is 1. The van der Waals surface area contributed by atoms with Gasteiger partial charge in [-0.2, -0.15) is 0 Å². The van der Waals surface area contributed by atoms with E-state index < -0.39 is 5.97 Å². The molecule has 1 aliphatic rings. The largest absolute Gasteiger partial charge is 0.482 e. The maximum Gasteiger partial charge on any atom is 0.341 e. The number of hydrogen-bond donors (Lipinski definition) is 1. The molecule has 0 heterocycles. The van der Waals surface area contributed by atoms with E-state index in [4.69, 9.17) is 9.84 Å². The van der Waals surface area contributed by atoms with Gasteiger partial charge in [-0.05, 0) is 12.5 Å². The summed E-state index contributed by atoms with van der Waals surface area (Å²) in [4.78, 5) is 22.1. The third-order valence-corrected chi connectivity index (χ3v) is 2.71. The Kier molecular flexibility index (Phi) is 2.64. The number of carboxylic acid groups (broad SMARTS) is 1. The Morgan fingerprint density at radius 2 is 2.31 bits per heavy atom. The Balaban J connectivity index is 2.29. The van der Waals surface area contributed by atoms with Crippen LogP contribution in [0.2, 0.25) is 0 Å². The molecular weight excluding hydrogens is 208 g/mol. The molecule has 4 nitrogen and oxygen atoms in total. The standard InChI is InChI=1S/C12H12O4/c1-7-5-9-8(12(7)15)3-2-4-10(9)16-6-11(13)14/h2-4,7H,5-6H2,1H3,(H,13,14). The van der Waals surface area contributed by atoms with Gasteiger partial charge >= 0.3 is 5.97 Å². The summed E-state index contributed by atoms with van der Waals surface area (Å²) < 4.78 is 5.16. The van der Waals surface area contributed by atoms with Gasteiger partial charge in [-0.15, -0.1) is 0 Å². The number of carbonyl (C=O) groups is 2. The van der Waals surface area contributed by atoms with Crippen LogP contribution in [0.25, 0.3) is 0 Å². The van der Waals surface area contributed by atoms with Gasteiger partial charge in [0, 0.05) is 17.0 Å². The van der Waals surface area contributed by atoms with Gasteiger partial charge in [0.2, 0.25) is 0 Å². The first-order valence-electron chi connectivity index (χ1n) is 5.10. The van der Waals surface area contributed by atoms with Crippen molar-refractivity contribution in [1.29, 1.82) is 0 Å². The van der Waals surface area contributed by atoms with Gasteiger partial charge in [0.25, 0.3) is 0 Å². The zero-order valence-electron chi connectivity index (χ0n) is 8.90. The number of benzene rings is 1. The minimum Gasteiger partial charge on any atom is -0.482 e. The van der Waals surface area contributed by atoms with Crippen LogP contribution in [-0.4, -0.2) is 23.5 Å². The van der Waals surface area contributed by atoms with Crippen LogP contribution in [0.15, 0.2) is 18.2 Å². The Morgan fingerprint density at radius 1 is 1.56 bits per heavy atom. The second kappa shape index (κ2) is 3.96. The van der Waals surface area contributed by atoms with Crippen LogP contribution in [0.3, 0.4) is 0 Å². The first kappa shape index (κ1) is 10.7. The molecule has 1 unspecified atom stereocenters. The van der Waals surface area contributed by atoms with E-state index in [1.54, 1.807) is 18.2 Å². The summed E-state index contributed by atoms with van der Waals surface area (Å²) in [7, 11) is 0. The van der Waals surface area contributed by atoms with Crippen molar-refractivity contribution in [2.24, 2.45) is 5.92 Å². The first-order chi connectivity index (χ1) is 7.59. The molecule has 0 saturated carbocycles. The van der Waals surface area contributed by atoms with Crippen molar-refractivity contribution in [2.45, 2.75) is 13.3 Å². The van der Waals surface area contributed by atoms with Crippen molar-refractivity contribution in [3.8, 4) is 5.75 Å². The van der Waals surface area contributed by atoms with E-state index in [-0.39, 0.29) is 18.3 Å². The zero-order valence-corrected chi connectivity index (χ0v) is 8.90. The number of ketones is 1. The van der Waals surface area contributed by atoms with Crippen LogP contribution >= 0.6 is 0 Å². The highest BCUT2D eigenvalue weighted by Gasteiger charge is 2.29. The summed E-state index contributed by atoms with van der Waals surface area (Å²) in [5.41, 5.74) is 1.50. The Hall–Kier alpha value is -1.84. The monoisotopic (exact) mass is 220 g/mol. The summed E-state index contributed by atoms with van der Waals surface area (Å²) in [6.07, 6.45) is 0.629. The van der Waals surface area contributed by atoms with E-state index in [0.717, 1.165) is 5.56 Å². The number of carboxylic acids is 1. The third-order valence-electron chi connectivity index (χ3n) is 2.71. The average molecular weight is 220 g/mol. The van der Waals surface area contributed by atoms with Crippen molar-refractivity contribution in [3.63, 3.8) is 0 Å². The lowest BCUT2D eigenvalue weighted by molar-refractivity contribution is -0.139. The van der Waals surface area contributed by atoms with Gasteiger partial charge in [-0.3, -0.25) is 4.79 Å². The van der Waals surface area contributed by atoms with Crippen LogP contribution in [0.1, 0.15) is 22.8 Å². The van der Waals surface area contributed by atoms with Crippen LogP contribution in [0, 0.1) is 5.92 Å². The molecule has 16 heavy (non-hydrogen) atoms. The normalized spacial score (nSPS) is 18.3. The second-order valence-electron chi connectivity index (χ2n) is 3.93. The number of ether oxygens (including phenoxy) is 1. The summed E-state index contributed by atoms with van der Waals surface area (Å²) in [6.45, 7) is 1.49. The van der Waals surface area contributed by atoms with Crippen molar-refractivity contribution in [2.75, 3.05) is 6.61 Å². The molecular formula is C12H12O4. The van der Waals surface area contributed by atoms with Crippen molar-refractivity contribution >= 4 is 11.8 Å². The van der Waals surface area contributed by atoms with Gasteiger partial charge in [0.1, 0.15) is 5.75 Å². The van der Waals surface area contributed by atoms with Gasteiger partial charge in [-0.25, -0.2) is 4.79 Å². The van der Waals surface area contributed by atoms with E-state index >= 15 is 0 Å². The van der Waals surface area contributed by atoms with Gasteiger partial charge < -0.3 is 9.84 Å². The smallest absolute Gasteiger partial charge is 0.341 e. The average Bonchev–Trinajstić information content (AvgIpc) is 2.53. The Bertz CT molecular complexity index is 450. The molecule has 2 rings (SSSR count). The number of hydrogen-bond acceptors (Lipinski definition) is 3. The topological polar surface area (TPSA) is 63.6 Å².